The van der Waals surface area contributed by atoms with E-state index >= 15 is 0 Å². The van der Waals surface area contributed by atoms with Gasteiger partial charge in [-0.15, -0.1) is 0 Å². The SMILES string of the molecule is Cc1ccccc1C1=COc2c(cc([N+](=O)[O-])c(O)c2O)C1. The number of benzene rings is 2. The lowest BCUT2D eigenvalue weighted by molar-refractivity contribution is -0.386. The Labute approximate surface area is 126 Å². The van der Waals surface area contributed by atoms with Crippen LogP contribution < -0.4 is 4.74 Å². The fourth-order valence-electron chi connectivity index (χ4n) is 2.55. The number of nitrogens with zero attached hydrogens (tertiary/aromatic N) is 1. The van der Waals surface area contributed by atoms with Gasteiger partial charge in [-0.1, -0.05) is 24.3 Å². The third kappa shape index (κ3) is 2.14. The number of rotatable bonds is 2. The predicted molar refractivity (Wildman–Crippen MR) is 79.9 cm³/mol. The maximum Gasteiger partial charge on any atom is 0.315 e. The maximum atomic E-state index is 10.9. The second-order valence-electron chi connectivity index (χ2n) is 5.09. The molecule has 6 nitrogen and oxygen atoms in total. The number of phenols is 2. The lowest BCUT2D eigenvalue weighted by atomic mass is 9.93. The summed E-state index contributed by atoms with van der Waals surface area (Å²) in [6.45, 7) is 1.96. The van der Waals surface area contributed by atoms with Gasteiger partial charge in [-0.2, -0.15) is 0 Å². The number of hydrogen-bond donors (Lipinski definition) is 2. The van der Waals surface area contributed by atoms with Crippen LogP contribution in [0.3, 0.4) is 0 Å². The van der Waals surface area contributed by atoms with Crippen LogP contribution in [0.25, 0.3) is 5.57 Å². The van der Waals surface area contributed by atoms with Gasteiger partial charge in [0.25, 0.3) is 0 Å². The molecule has 0 saturated heterocycles. The van der Waals surface area contributed by atoms with Gasteiger partial charge in [0.2, 0.25) is 11.5 Å². The zero-order chi connectivity index (χ0) is 15.9. The van der Waals surface area contributed by atoms with E-state index in [0.29, 0.717) is 12.0 Å². The van der Waals surface area contributed by atoms with Gasteiger partial charge in [0.1, 0.15) is 0 Å². The number of phenolic OH excluding ortho intramolecular Hbond substituents is 2. The molecule has 0 aliphatic carbocycles. The minimum absolute atomic E-state index is 0.0560. The highest BCUT2D eigenvalue weighted by molar-refractivity contribution is 5.75. The zero-order valence-corrected chi connectivity index (χ0v) is 11.7. The molecule has 0 saturated carbocycles. The summed E-state index contributed by atoms with van der Waals surface area (Å²) >= 11 is 0. The monoisotopic (exact) mass is 299 g/mol. The fraction of sp³-hybridized carbons (Fsp3) is 0.125. The molecule has 0 aromatic heterocycles. The second kappa shape index (κ2) is 5.07. The summed E-state index contributed by atoms with van der Waals surface area (Å²) in [4.78, 5) is 10.2. The smallest absolute Gasteiger partial charge is 0.315 e. The minimum Gasteiger partial charge on any atom is -0.501 e. The van der Waals surface area contributed by atoms with Gasteiger partial charge in [-0.3, -0.25) is 10.1 Å². The van der Waals surface area contributed by atoms with Crippen molar-refractivity contribution in [1.82, 2.24) is 0 Å². The van der Waals surface area contributed by atoms with Gasteiger partial charge in [0.05, 0.1) is 11.2 Å². The summed E-state index contributed by atoms with van der Waals surface area (Å²) < 4.78 is 5.40. The van der Waals surface area contributed by atoms with Crippen molar-refractivity contribution >= 4 is 11.3 Å². The Kier molecular flexibility index (Phi) is 3.21. The van der Waals surface area contributed by atoms with E-state index in [1.807, 2.05) is 31.2 Å². The van der Waals surface area contributed by atoms with Crippen molar-refractivity contribution < 1.29 is 19.9 Å². The van der Waals surface area contributed by atoms with Crippen molar-refractivity contribution in [3.8, 4) is 17.2 Å². The normalized spacial score (nSPS) is 13.0. The largest absolute Gasteiger partial charge is 0.501 e. The first-order valence-electron chi connectivity index (χ1n) is 6.63. The van der Waals surface area contributed by atoms with E-state index < -0.39 is 22.1 Å². The van der Waals surface area contributed by atoms with Crippen LogP contribution in [0.1, 0.15) is 16.7 Å². The Morgan fingerprint density at radius 1 is 1.23 bits per heavy atom. The highest BCUT2D eigenvalue weighted by Crippen LogP contribution is 2.47. The van der Waals surface area contributed by atoms with Crippen molar-refractivity contribution in [3.63, 3.8) is 0 Å². The molecule has 6 heteroatoms. The first kappa shape index (κ1) is 13.9. The van der Waals surface area contributed by atoms with Gasteiger partial charge in [-0.25, -0.2) is 0 Å². The van der Waals surface area contributed by atoms with Crippen molar-refractivity contribution in [2.75, 3.05) is 0 Å². The van der Waals surface area contributed by atoms with Crippen LogP contribution in [-0.2, 0) is 6.42 Å². The van der Waals surface area contributed by atoms with Crippen LogP contribution in [0.5, 0.6) is 17.2 Å². The minimum atomic E-state index is -0.781. The maximum absolute atomic E-state index is 10.9. The first-order valence-corrected chi connectivity index (χ1v) is 6.63. The number of fused-ring (bicyclic) bond motifs is 1. The molecule has 0 amide bonds. The van der Waals surface area contributed by atoms with E-state index in [0.717, 1.165) is 16.7 Å². The molecule has 3 rings (SSSR count). The fourth-order valence-corrected chi connectivity index (χ4v) is 2.55. The molecular weight excluding hydrogens is 286 g/mol. The molecule has 2 N–H and O–H groups in total. The van der Waals surface area contributed by atoms with E-state index in [1.165, 1.54) is 12.3 Å². The standard InChI is InChI=1S/C16H13NO5/c1-9-4-2-3-5-12(9)11-6-10-7-13(17(20)21)14(18)15(19)16(10)22-8-11/h2-5,7-8,18-19H,6H2,1H3. The van der Waals surface area contributed by atoms with Gasteiger partial charge in [-0.05, 0) is 23.6 Å². The van der Waals surface area contributed by atoms with Crippen LogP contribution in [0.4, 0.5) is 5.69 Å². The number of allylic oxidation sites excluding steroid dienone is 1. The molecule has 0 atom stereocenters. The molecular formula is C16H13NO5. The zero-order valence-electron chi connectivity index (χ0n) is 11.7. The molecule has 1 heterocycles. The topological polar surface area (TPSA) is 92.8 Å². The van der Waals surface area contributed by atoms with E-state index in [1.54, 1.807) is 0 Å². The van der Waals surface area contributed by atoms with Crippen molar-refractivity contribution in [2.24, 2.45) is 0 Å². The quantitative estimate of drug-likeness (QED) is 0.504. The molecule has 1 aliphatic heterocycles. The van der Waals surface area contributed by atoms with E-state index in [9.17, 15) is 20.3 Å². The molecule has 0 fully saturated rings. The average Bonchev–Trinajstić information content (AvgIpc) is 2.50. The van der Waals surface area contributed by atoms with E-state index in [4.69, 9.17) is 4.74 Å². The van der Waals surface area contributed by atoms with E-state index in [2.05, 4.69) is 0 Å². The summed E-state index contributed by atoms with van der Waals surface area (Å²) in [7, 11) is 0. The van der Waals surface area contributed by atoms with Crippen LogP contribution in [0.15, 0.2) is 36.6 Å². The third-order valence-electron chi connectivity index (χ3n) is 3.67. The van der Waals surface area contributed by atoms with Gasteiger partial charge in [0.15, 0.2) is 5.75 Å². The summed E-state index contributed by atoms with van der Waals surface area (Å²) in [5, 5.41) is 30.5. The predicted octanol–water partition coefficient (Wildman–Crippen LogP) is 3.29. The summed E-state index contributed by atoms with van der Waals surface area (Å²) in [6, 6.07) is 8.95. The summed E-state index contributed by atoms with van der Waals surface area (Å²) in [5.41, 5.74) is 2.81. The molecule has 22 heavy (non-hydrogen) atoms. The molecule has 0 unspecified atom stereocenters. The Balaban J connectivity index is 2.07. The highest BCUT2D eigenvalue weighted by Gasteiger charge is 2.28. The Hall–Kier alpha value is -3.02. The van der Waals surface area contributed by atoms with E-state index in [-0.39, 0.29) is 5.75 Å². The molecule has 0 bridgehead atoms. The van der Waals surface area contributed by atoms with Crippen molar-refractivity contribution in [3.05, 3.63) is 63.4 Å². The highest BCUT2D eigenvalue weighted by atomic mass is 16.6. The van der Waals surface area contributed by atoms with Gasteiger partial charge in [0, 0.05) is 18.1 Å². The van der Waals surface area contributed by atoms with Gasteiger partial charge >= 0.3 is 5.69 Å². The number of hydrogen-bond acceptors (Lipinski definition) is 5. The van der Waals surface area contributed by atoms with Gasteiger partial charge < -0.3 is 14.9 Å². The molecule has 2 aromatic rings. The summed E-state index contributed by atoms with van der Waals surface area (Å²) in [5.74, 6) is -1.33. The van der Waals surface area contributed by atoms with Crippen LogP contribution >= 0.6 is 0 Å². The lowest BCUT2D eigenvalue weighted by Crippen LogP contribution is -2.05. The molecule has 2 aromatic carbocycles. The average molecular weight is 299 g/mol. The van der Waals surface area contributed by atoms with Crippen LogP contribution in [0.2, 0.25) is 0 Å². The number of nitro benzene ring substituents is 1. The molecule has 1 aliphatic rings. The Bertz CT molecular complexity index is 810. The molecule has 112 valence electrons. The summed E-state index contributed by atoms with van der Waals surface area (Å²) in [6.07, 6.45) is 1.87. The Morgan fingerprint density at radius 2 is 1.95 bits per heavy atom. The Morgan fingerprint density at radius 3 is 2.64 bits per heavy atom. The van der Waals surface area contributed by atoms with Crippen LogP contribution in [0, 0.1) is 17.0 Å². The number of nitro groups is 1. The first-order chi connectivity index (χ1) is 10.5. The lowest BCUT2D eigenvalue weighted by Gasteiger charge is -2.19. The molecule has 0 spiro atoms. The number of aryl methyl sites for hydroxylation is 1. The number of aromatic hydroxyl groups is 2. The van der Waals surface area contributed by atoms with Crippen molar-refractivity contribution in [2.45, 2.75) is 13.3 Å². The second-order valence-corrected chi connectivity index (χ2v) is 5.09. The molecule has 0 radical (unpaired) electrons. The van der Waals surface area contributed by atoms with Crippen LogP contribution in [-0.4, -0.2) is 15.1 Å². The number of ether oxygens (including phenoxy) is 1. The van der Waals surface area contributed by atoms with Crippen molar-refractivity contribution in [1.29, 1.82) is 0 Å². The third-order valence-corrected chi connectivity index (χ3v) is 3.67.